The Bertz CT molecular complexity index is 984. The van der Waals surface area contributed by atoms with Crippen molar-refractivity contribution in [3.8, 4) is 16.9 Å². The lowest BCUT2D eigenvalue weighted by molar-refractivity contribution is -0.293. The Balaban J connectivity index is 1.61. The van der Waals surface area contributed by atoms with Crippen molar-refractivity contribution < 1.29 is 24.5 Å². The van der Waals surface area contributed by atoms with E-state index in [1.165, 1.54) is 6.92 Å². The van der Waals surface area contributed by atoms with Gasteiger partial charge in [0.25, 0.3) is 0 Å². The van der Waals surface area contributed by atoms with Gasteiger partial charge in [0.05, 0.1) is 11.7 Å². The molecule has 0 radical (unpaired) electrons. The molecule has 178 valence electrons. The molecule has 1 saturated carbocycles. The first kappa shape index (κ1) is 23.7. The minimum Gasteiger partial charge on any atom is -0.462 e. The molecule has 1 heterocycles. The lowest BCUT2D eigenvalue weighted by Crippen LogP contribution is -2.60. The number of rotatable bonds is 6. The molecule has 33 heavy (non-hydrogen) atoms. The number of aliphatic hydroxyl groups is 2. The SMILES string of the molecule is CC(=O)NCCc1ccc(O[C@@H]2OC3(CCCC3)[C@H](C)[C@@H](O)[C@H]2O)cc1-c1cccc(C)c1. The molecule has 2 aromatic carbocycles. The Kier molecular flexibility index (Phi) is 7.07. The number of benzene rings is 2. The first-order valence-electron chi connectivity index (χ1n) is 11.9. The van der Waals surface area contributed by atoms with Crippen LogP contribution in [0.5, 0.6) is 5.75 Å². The van der Waals surface area contributed by atoms with E-state index >= 15 is 0 Å². The first-order valence-corrected chi connectivity index (χ1v) is 11.9. The number of hydrogen-bond donors (Lipinski definition) is 3. The summed E-state index contributed by atoms with van der Waals surface area (Å²) >= 11 is 0. The quantitative estimate of drug-likeness (QED) is 0.620. The third-order valence-electron chi connectivity index (χ3n) is 7.20. The summed E-state index contributed by atoms with van der Waals surface area (Å²) in [5.74, 6) is 0.381. The monoisotopic (exact) mass is 453 g/mol. The van der Waals surface area contributed by atoms with Crippen molar-refractivity contribution in [3.05, 3.63) is 53.6 Å². The van der Waals surface area contributed by atoms with Gasteiger partial charge in [-0.15, -0.1) is 0 Å². The molecule has 4 atom stereocenters. The van der Waals surface area contributed by atoms with Crippen molar-refractivity contribution in [2.45, 2.75) is 77.0 Å². The van der Waals surface area contributed by atoms with Crippen LogP contribution in [-0.2, 0) is 16.0 Å². The molecular weight excluding hydrogens is 418 g/mol. The first-order chi connectivity index (χ1) is 15.8. The smallest absolute Gasteiger partial charge is 0.229 e. The standard InChI is InChI=1S/C27H35NO5/c1-17-7-6-8-21(15-17)23-16-22(10-9-20(23)11-14-28-19(3)29)32-26-25(31)24(30)18(2)27(33-26)12-4-5-13-27/h6-10,15-16,18,24-26,30-31H,4-5,11-14H2,1-3H3,(H,28,29)/t18-,24-,25-,26-/m1/s1. The molecule has 1 saturated heterocycles. The van der Waals surface area contributed by atoms with Gasteiger partial charge in [-0.25, -0.2) is 0 Å². The largest absolute Gasteiger partial charge is 0.462 e. The van der Waals surface area contributed by atoms with Crippen LogP contribution in [0.4, 0.5) is 0 Å². The minimum atomic E-state index is -1.12. The highest BCUT2D eigenvalue weighted by atomic mass is 16.7. The zero-order valence-electron chi connectivity index (χ0n) is 19.7. The van der Waals surface area contributed by atoms with E-state index in [2.05, 4.69) is 30.4 Å². The molecule has 6 nitrogen and oxygen atoms in total. The van der Waals surface area contributed by atoms with Crippen molar-refractivity contribution in [2.24, 2.45) is 5.92 Å². The van der Waals surface area contributed by atoms with Crippen molar-refractivity contribution in [3.63, 3.8) is 0 Å². The zero-order chi connectivity index (χ0) is 23.6. The van der Waals surface area contributed by atoms with E-state index in [0.717, 1.165) is 47.9 Å². The van der Waals surface area contributed by atoms with Crippen LogP contribution in [0.25, 0.3) is 11.1 Å². The summed E-state index contributed by atoms with van der Waals surface area (Å²) in [6.45, 7) is 6.07. The molecule has 0 aromatic heterocycles. The molecule has 1 spiro atoms. The summed E-state index contributed by atoms with van der Waals surface area (Å²) in [5, 5.41) is 24.3. The maximum absolute atomic E-state index is 11.3. The van der Waals surface area contributed by atoms with Crippen molar-refractivity contribution in [1.29, 1.82) is 0 Å². The third kappa shape index (κ3) is 5.08. The van der Waals surface area contributed by atoms with Crippen LogP contribution in [0.3, 0.4) is 0 Å². The lowest BCUT2D eigenvalue weighted by Gasteiger charge is -2.48. The van der Waals surface area contributed by atoms with Gasteiger partial charge in [0.15, 0.2) is 0 Å². The summed E-state index contributed by atoms with van der Waals surface area (Å²) in [4.78, 5) is 11.3. The summed E-state index contributed by atoms with van der Waals surface area (Å²) in [7, 11) is 0. The van der Waals surface area contributed by atoms with Crippen LogP contribution < -0.4 is 10.1 Å². The topological polar surface area (TPSA) is 88.0 Å². The predicted octanol–water partition coefficient (Wildman–Crippen LogP) is 3.75. The molecule has 1 aliphatic heterocycles. The highest BCUT2D eigenvalue weighted by Crippen LogP contribution is 2.46. The number of amides is 1. The van der Waals surface area contributed by atoms with Crippen molar-refractivity contribution in [1.82, 2.24) is 5.32 Å². The molecule has 1 aliphatic carbocycles. The highest BCUT2D eigenvalue weighted by Gasteiger charge is 2.53. The Morgan fingerprint density at radius 3 is 2.61 bits per heavy atom. The summed E-state index contributed by atoms with van der Waals surface area (Å²) in [6, 6.07) is 14.1. The lowest BCUT2D eigenvalue weighted by atomic mass is 9.78. The molecule has 2 aromatic rings. The Morgan fingerprint density at radius 2 is 1.91 bits per heavy atom. The normalized spacial score (nSPS) is 26.3. The van der Waals surface area contributed by atoms with E-state index < -0.39 is 24.1 Å². The Labute approximate surface area is 195 Å². The van der Waals surface area contributed by atoms with Crippen molar-refractivity contribution >= 4 is 5.91 Å². The van der Waals surface area contributed by atoms with Crippen LogP contribution in [0, 0.1) is 12.8 Å². The average Bonchev–Trinajstić information content (AvgIpc) is 3.26. The molecule has 3 N–H and O–H groups in total. The second-order valence-electron chi connectivity index (χ2n) is 9.57. The predicted molar refractivity (Wildman–Crippen MR) is 127 cm³/mol. The van der Waals surface area contributed by atoms with Crippen LogP contribution in [0.15, 0.2) is 42.5 Å². The van der Waals surface area contributed by atoms with Crippen LogP contribution in [0.2, 0.25) is 0 Å². The van der Waals surface area contributed by atoms with E-state index in [-0.39, 0.29) is 11.8 Å². The maximum Gasteiger partial charge on any atom is 0.229 e. The van der Waals surface area contributed by atoms with E-state index in [4.69, 9.17) is 9.47 Å². The van der Waals surface area contributed by atoms with E-state index in [9.17, 15) is 15.0 Å². The highest BCUT2D eigenvalue weighted by molar-refractivity contribution is 5.73. The zero-order valence-corrected chi connectivity index (χ0v) is 19.7. The van der Waals surface area contributed by atoms with Crippen LogP contribution in [0.1, 0.15) is 50.7 Å². The summed E-state index contributed by atoms with van der Waals surface area (Å²) in [6.07, 6.45) is 1.60. The Morgan fingerprint density at radius 1 is 1.15 bits per heavy atom. The van der Waals surface area contributed by atoms with Crippen molar-refractivity contribution in [2.75, 3.05) is 6.54 Å². The number of ether oxygens (including phenoxy) is 2. The molecule has 2 fully saturated rings. The van der Waals surface area contributed by atoms with Gasteiger partial charge in [0, 0.05) is 19.4 Å². The fraction of sp³-hybridized carbons (Fsp3) is 0.519. The van der Waals surface area contributed by atoms with Gasteiger partial charge >= 0.3 is 0 Å². The summed E-state index contributed by atoms with van der Waals surface area (Å²) in [5.41, 5.74) is 3.87. The molecule has 1 amide bonds. The fourth-order valence-electron chi connectivity index (χ4n) is 5.25. The van der Waals surface area contributed by atoms with E-state index in [1.54, 1.807) is 0 Å². The molecule has 4 rings (SSSR count). The maximum atomic E-state index is 11.3. The molecule has 0 unspecified atom stereocenters. The van der Waals surface area contributed by atoms with Gasteiger partial charge in [-0.05, 0) is 55.0 Å². The number of aryl methyl sites for hydroxylation is 1. The number of carbonyl (C=O) groups excluding carboxylic acids is 1. The molecule has 0 bridgehead atoms. The minimum absolute atomic E-state index is 0.0517. The number of aliphatic hydroxyl groups excluding tert-OH is 2. The molecule has 2 aliphatic rings. The molecular formula is C27H35NO5. The third-order valence-corrected chi connectivity index (χ3v) is 7.20. The fourth-order valence-corrected chi connectivity index (χ4v) is 5.25. The number of hydrogen-bond acceptors (Lipinski definition) is 5. The Hall–Kier alpha value is -2.41. The average molecular weight is 454 g/mol. The van der Waals surface area contributed by atoms with E-state index in [1.807, 2.05) is 31.2 Å². The van der Waals surface area contributed by atoms with Gasteiger partial charge in [-0.3, -0.25) is 4.79 Å². The van der Waals surface area contributed by atoms with Crippen LogP contribution in [-0.4, -0.2) is 46.8 Å². The van der Waals surface area contributed by atoms with Gasteiger partial charge in [-0.1, -0.05) is 55.7 Å². The summed E-state index contributed by atoms with van der Waals surface area (Å²) < 4.78 is 12.5. The number of nitrogens with one attached hydrogen (secondary N) is 1. The molecule has 6 heteroatoms. The van der Waals surface area contributed by atoms with Gasteiger partial charge < -0.3 is 25.0 Å². The van der Waals surface area contributed by atoms with Gasteiger partial charge in [-0.2, -0.15) is 0 Å². The second kappa shape index (κ2) is 9.84. The second-order valence-corrected chi connectivity index (χ2v) is 9.57. The van der Waals surface area contributed by atoms with Gasteiger partial charge in [0.1, 0.15) is 11.9 Å². The van der Waals surface area contributed by atoms with Crippen LogP contribution >= 0.6 is 0 Å². The number of carbonyl (C=O) groups is 1. The van der Waals surface area contributed by atoms with Gasteiger partial charge in [0.2, 0.25) is 12.2 Å². The van der Waals surface area contributed by atoms with E-state index in [0.29, 0.717) is 18.7 Å².